The highest BCUT2D eigenvalue weighted by atomic mass is 79.9. The maximum atomic E-state index is 13.1. The number of carbonyl (C=O) groups excluding carboxylic acids is 2. The highest BCUT2D eigenvalue weighted by Crippen LogP contribution is 2.36. The van der Waals surface area contributed by atoms with Gasteiger partial charge in [-0.3, -0.25) is 19.8 Å². The molecule has 0 aliphatic carbocycles. The molecule has 1 aliphatic heterocycles. The van der Waals surface area contributed by atoms with Crippen molar-refractivity contribution in [1.82, 2.24) is 5.32 Å². The van der Waals surface area contributed by atoms with Crippen LogP contribution in [0.5, 0.6) is 17.2 Å². The summed E-state index contributed by atoms with van der Waals surface area (Å²) in [4.78, 5) is 26.9. The van der Waals surface area contributed by atoms with Gasteiger partial charge in [0.2, 0.25) is 0 Å². The quantitative estimate of drug-likeness (QED) is 0.405. The topological polar surface area (TPSA) is 77.1 Å². The lowest BCUT2D eigenvalue weighted by atomic mass is 10.1. The molecule has 0 bridgehead atoms. The molecule has 1 N–H and O–H groups in total. The number of carbonyl (C=O) groups is 2. The van der Waals surface area contributed by atoms with Crippen molar-refractivity contribution >= 4 is 56.8 Å². The van der Waals surface area contributed by atoms with Crippen molar-refractivity contribution in [1.29, 1.82) is 0 Å². The van der Waals surface area contributed by atoms with E-state index < -0.39 is 11.8 Å². The van der Waals surface area contributed by atoms with Crippen molar-refractivity contribution in [3.05, 3.63) is 52.0 Å². The first kappa shape index (κ1) is 20.8. The molecule has 0 spiro atoms. The largest absolute Gasteiger partial charge is 0.497 e. The number of ether oxygens (including phenoxy) is 3. The zero-order chi connectivity index (χ0) is 21.1. The molecular weight excluding hydrogens is 460 g/mol. The maximum absolute atomic E-state index is 13.1. The minimum absolute atomic E-state index is 0.00102. The smallest absolute Gasteiger partial charge is 0.270 e. The molecule has 1 aliphatic rings. The van der Waals surface area contributed by atoms with Gasteiger partial charge in [0.25, 0.3) is 11.8 Å². The van der Waals surface area contributed by atoms with E-state index in [0.29, 0.717) is 33.0 Å². The summed E-state index contributed by atoms with van der Waals surface area (Å²) in [5, 5.41) is 2.55. The van der Waals surface area contributed by atoms with Gasteiger partial charge in [-0.2, -0.15) is 0 Å². The van der Waals surface area contributed by atoms with Gasteiger partial charge in [-0.15, -0.1) is 0 Å². The predicted octanol–water partition coefficient (Wildman–Crippen LogP) is 3.31. The van der Waals surface area contributed by atoms with Crippen molar-refractivity contribution in [2.75, 3.05) is 26.2 Å². The molecule has 0 aromatic heterocycles. The molecule has 7 nitrogen and oxygen atoms in total. The number of amides is 2. The van der Waals surface area contributed by atoms with Gasteiger partial charge in [-0.1, -0.05) is 15.9 Å². The number of methoxy groups -OCH3 is 3. The van der Waals surface area contributed by atoms with Crippen LogP contribution >= 0.6 is 28.1 Å². The Hall–Kier alpha value is -2.91. The highest BCUT2D eigenvalue weighted by Gasteiger charge is 2.34. The molecule has 9 heteroatoms. The number of nitrogens with one attached hydrogen (secondary N) is 1. The number of anilines is 1. The molecule has 2 aromatic carbocycles. The van der Waals surface area contributed by atoms with Crippen molar-refractivity contribution in [2.24, 2.45) is 0 Å². The van der Waals surface area contributed by atoms with Crippen LogP contribution in [0.3, 0.4) is 0 Å². The van der Waals surface area contributed by atoms with Crippen molar-refractivity contribution < 1.29 is 23.8 Å². The van der Waals surface area contributed by atoms with Crippen LogP contribution in [0.1, 0.15) is 5.56 Å². The predicted molar refractivity (Wildman–Crippen MR) is 116 cm³/mol. The van der Waals surface area contributed by atoms with E-state index in [1.54, 1.807) is 43.5 Å². The van der Waals surface area contributed by atoms with Gasteiger partial charge >= 0.3 is 0 Å². The summed E-state index contributed by atoms with van der Waals surface area (Å²) < 4.78 is 16.6. The van der Waals surface area contributed by atoms with E-state index >= 15 is 0 Å². The minimum Gasteiger partial charge on any atom is -0.497 e. The summed E-state index contributed by atoms with van der Waals surface area (Å²) in [6, 6.07) is 10.2. The third kappa shape index (κ3) is 4.10. The Morgan fingerprint density at radius 1 is 1.03 bits per heavy atom. The first-order valence-corrected chi connectivity index (χ1v) is 9.56. The first-order chi connectivity index (χ1) is 13.9. The third-order valence-electron chi connectivity index (χ3n) is 4.20. The molecule has 3 rings (SSSR count). The Morgan fingerprint density at radius 2 is 1.72 bits per heavy atom. The minimum atomic E-state index is -0.592. The number of thiocarbonyl (C=S) groups is 1. The summed E-state index contributed by atoms with van der Waals surface area (Å²) in [5.41, 5.74) is 0.915. The summed E-state index contributed by atoms with van der Waals surface area (Å²) in [5.74, 6) is 0.346. The fourth-order valence-electron chi connectivity index (χ4n) is 2.84. The van der Waals surface area contributed by atoms with Crippen molar-refractivity contribution in [2.45, 2.75) is 0 Å². The summed E-state index contributed by atoms with van der Waals surface area (Å²) >= 11 is 8.60. The van der Waals surface area contributed by atoms with Crippen LogP contribution < -0.4 is 24.4 Å². The summed E-state index contributed by atoms with van der Waals surface area (Å²) in [7, 11) is 4.53. The molecule has 0 atom stereocenters. The lowest BCUT2D eigenvalue weighted by Crippen LogP contribution is -2.54. The maximum Gasteiger partial charge on any atom is 0.270 e. The SMILES string of the molecule is COc1ccc(N2C(=O)/C(=C/c3cc(Br)cc(OC)c3OC)C(=O)NC2=S)cc1. The second-order valence-corrected chi connectivity index (χ2v) is 7.19. The van der Waals surface area contributed by atoms with E-state index in [1.165, 1.54) is 25.2 Å². The number of hydrogen-bond acceptors (Lipinski definition) is 6. The molecule has 2 amide bonds. The van der Waals surface area contributed by atoms with E-state index in [2.05, 4.69) is 21.2 Å². The Balaban J connectivity index is 2.07. The monoisotopic (exact) mass is 476 g/mol. The van der Waals surface area contributed by atoms with Crippen LogP contribution in [-0.4, -0.2) is 38.3 Å². The van der Waals surface area contributed by atoms with Crippen LogP contribution in [-0.2, 0) is 9.59 Å². The lowest BCUT2D eigenvalue weighted by molar-refractivity contribution is -0.122. The van der Waals surface area contributed by atoms with E-state index in [9.17, 15) is 9.59 Å². The lowest BCUT2D eigenvalue weighted by Gasteiger charge is -2.29. The molecule has 0 radical (unpaired) electrons. The number of nitrogens with zero attached hydrogens (tertiary/aromatic N) is 1. The second-order valence-electron chi connectivity index (χ2n) is 5.89. The number of benzene rings is 2. The van der Waals surface area contributed by atoms with E-state index in [-0.39, 0.29) is 10.7 Å². The standard InChI is InChI=1S/C20H17BrN2O5S/c1-26-14-6-4-13(5-7-14)23-19(25)15(18(24)22-20(23)29)9-11-8-12(21)10-16(27-2)17(11)28-3/h4-10H,1-3H3,(H,22,24,29)/b15-9+. The molecule has 29 heavy (non-hydrogen) atoms. The van der Waals surface area contributed by atoms with Crippen LogP contribution in [0.25, 0.3) is 6.08 Å². The van der Waals surface area contributed by atoms with E-state index in [0.717, 1.165) is 0 Å². The Morgan fingerprint density at radius 3 is 2.31 bits per heavy atom. The molecule has 1 fully saturated rings. The fourth-order valence-corrected chi connectivity index (χ4v) is 3.58. The van der Waals surface area contributed by atoms with Crippen LogP contribution in [0.2, 0.25) is 0 Å². The van der Waals surface area contributed by atoms with Gasteiger partial charge in [0.05, 0.1) is 27.0 Å². The normalized spacial score (nSPS) is 15.4. The van der Waals surface area contributed by atoms with E-state index in [1.807, 2.05) is 0 Å². The van der Waals surface area contributed by atoms with Crippen LogP contribution in [0.15, 0.2) is 46.4 Å². The van der Waals surface area contributed by atoms with Crippen molar-refractivity contribution in [3.8, 4) is 17.2 Å². The molecule has 2 aromatic rings. The van der Waals surface area contributed by atoms with Gasteiger partial charge in [0.1, 0.15) is 11.3 Å². The van der Waals surface area contributed by atoms with E-state index in [4.69, 9.17) is 26.4 Å². The molecule has 0 unspecified atom stereocenters. The molecule has 0 saturated carbocycles. The summed E-state index contributed by atoms with van der Waals surface area (Å²) in [6.45, 7) is 0. The van der Waals surface area contributed by atoms with Gasteiger partial charge in [0, 0.05) is 10.0 Å². The third-order valence-corrected chi connectivity index (χ3v) is 4.95. The Bertz CT molecular complexity index is 1020. The Labute approximate surface area is 181 Å². The van der Waals surface area contributed by atoms with Crippen LogP contribution in [0.4, 0.5) is 5.69 Å². The zero-order valence-electron chi connectivity index (χ0n) is 15.8. The summed E-state index contributed by atoms with van der Waals surface area (Å²) in [6.07, 6.45) is 1.45. The molecule has 1 saturated heterocycles. The average molecular weight is 477 g/mol. The Kier molecular flexibility index (Phi) is 6.19. The molecule has 1 heterocycles. The van der Waals surface area contributed by atoms with Gasteiger partial charge in [0.15, 0.2) is 16.6 Å². The van der Waals surface area contributed by atoms with Crippen LogP contribution in [0, 0.1) is 0 Å². The molecule has 150 valence electrons. The zero-order valence-corrected chi connectivity index (χ0v) is 18.2. The number of hydrogen-bond donors (Lipinski definition) is 1. The second kappa shape index (κ2) is 8.62. The van der Waals surface area contributed by atoms with Gasteiger partial charge < -0.3 is 14.2 Å². The first-order valence-electron chi connectivity index (χ1n) is 8.36. The van der Waals surface area contributed by atoms with Gasteiger partial charge in [-0.25, -0.2) is 0 Å². The highest BCUT2D eigenvalue weighted by molar-refractivity contribution is 9.10. The fraction of sp³-hybridized carbons (Fsp3) is 0.150. The van der Waals surface area contributed by atoms with Crippen molar-refractivity contribution in [3.63, 3.8) is 0 Å². The number of rotatable bonds is 5. The van der Waals surface area contributed by atoms with Gasteiger partial charge in [-0.05, 0) is 54.7 Å². The molecular formula is C20H17BrN2O5S. The average Bonchev–Trinajstić information content (AvgIpc) is 2.71. The number of halogens is 1.